The van der Waals surface area contributed by atoms with Gasteiger partial charge in [-0.3, -0.25) is 18.3 Å². The normalized spacial score (nSPS) is 12.1. The van der Waals surface area contributed by atoms with E-state index in [-0.39, 0.29) is 0 Å². The van der Waals surface area contributed by atoms with Gasteiger partial charge in [0.2, 0.25) is 23.8 Å². The third kappa shape index (κ3) is 12.1. The van der Waals surface area contributed by atoms with Gasteiger partial charge in [-0.1, -0.05) is 328 Å². The van der Waals surface area contributed by atoms with E-state index in [9.17, 15) is 0 Å². The van der Waals surface area contributed by atoms with Gasteiger partial charge in [0.05, 0.1) is 88.3 Å². The fourth-order valence-electron chi connectivity index (χ4n) is 23.9. The van der Waals surface area contributed by atoms with Gasteiger partial charge in [-0.25, -0.2) is 0 Å². The van der Waals surface area contributed by atoms with Crippen LogP contribution in [-0.4, -0.2) is 66.4 Å². The lowest BCUT2D eigenvalue weighted by molar-refractivity contribution is 0.894. The molecule has 678 valence electrons. The molecule has 0 radical (unpaired) electrons. The van der Waals surface area contributed by atoms with E-state index in [0.717, 1.165) is 253 Å². The highest BCUT2D eigenvalue weighted by molar-refractivity contribution is 6.31. The summed E-state index contributed by atoms with van der Waals surface area (Å²) in [7, 11) is 0. The molecular formula is C132H80N14. The minimum Gasteiger partial charge on any atom is -0.309 e. The first-order valence-corrected chi connectivity index (χ1v) is 49.6. The summed E-state index contributed by atoms with van der Waals surface area (Å²) in [5.74, 6) is 2.89. The third-order valence-electron chi connectivity index (χ3n) is 30.1. The van der Waals surface area contributed by atoms with Crippen molar-refractivity contribution in [1.82, 2.24) is 66.4 Å². The summed E-state index contributed by atoms with van der Waals surface area (Å²) in [4.78, 5) is 35.7. The maximum absolute atomic E-state index is 6.03. The molecule has 10 heterocycles. The van der Waals surface area contributed by atoms with Crippen LogP contribution in [0.5, 0.6) is 0 Å². The van der Waals surface area contributed by atoms with E-state index in [2.05, 4.69) is 522 Å². The maximum Gasteiger partial charge on any atom is 0.240 e. The number of aromatic nitrogens is 14. The average Bonchev–Trinajstić information content (AvgIpc) is 1.54. The van der Waals surface area contributed by atoms with Crippen LogP contribution in [0.3, 0.4) is 0 Å². The van der Waals surface area contributed by atoms with Crippen LogP contribution in [0.2, 0.25) is 0 Å². The Morgan fingerprint density at radius 1 is 0.116 bits per heavy atom. The topological polar surface area (TPSA) is 117 Å². The van der Waals surface area contributed by atoms with Crippen LogP contribution < -0.4 is 0 Å². The van der Waals surface area contributed by atoms with Crippen LogP contribution in [0.1, 0.15) is 0 Å². The molecule has 21 aromatic carbocycles. The molecule has 0 saturated heterocycles. The van der Waals surface area contributed by atoms with Crippen molar-refractivity contribution in [2.45, 2.75) is 0 Å². The Balaban J connectivity index is 0.643. The monoisotopic (exact) mass is 1860 g/mol. The molecule has 0 N–H and O–H groups in total. The minimum absolute atomic E-state index is 0.462. The zero-order valence-electron chi connectivity index (χ0n) is 78.4. The van der Waals surface area contributed by atoms with Crippen molar-refractivity contribution in [3.05, 3.63) is 485 Å². The summed E-state index contributed by atoms with van der Waals surface area (Å²) in [6.07, 6.45) is 0. The Morgan fingerprint density at radius 3 is 0.685 bits per heavy atom. The van der Waals surface area contributed by atoms with E-state index >= 15 is 0 Å². The SMILES string of the molecule is c1ccc(-c2cccc(-c3nc(-n4c5ccccc5c5ccc6c(c7ccccc7n6-c6ccccc6)c54)nc(-n4c5ccc(-c6cccc(-c7cc(-c8ccccc8)cc(-c8nc(-n9c%10ccccc%10c%10ccc%11c(c%12ccccc%12n%11-c%11ccccc%11)c%109)nc(-n9c%10ccccc%10c%10ccc%11c(c%12ccccc%12n%11-c%11ccccc%11)c%109)n8)c7)c6)cc5c5ccc6c(c7ccccc7n6-c6ccccc6)c54)n3)c2)cc1. The van der Waals surface area contributed by atoms with Crippen LogP contribution in [0, 0.1) is 0 Å². The number of hydrogen-bond acceptors (Lipinski definition) is 6. The summed E-state index contributed by atoms with van der Waals surface area (Å²) in [5, 5.41) is 17.3. The van der Waals surface area contributed by atoms with E-state index < -0.39 is 0 Å². The third-order valence-corrected chi connectivity index (χ3v) is 30.1. The first kappa shape index (κ1) is 80.9. The number of fused-ring (bicyclic) bond motifs is 28. The summed E-state index contributed by atoms with van der Waals surface area (Å²) in [6.45, 7) is 0. The van der Waals surface area contributed by atoms with Crippen LogP contribution in [0.15, 0.2) is 485 Å². The molecule has 0 spiro atoms. The van der Waals surface area contributed by atoms with Crippen LogP contribution >= 0.6 is 0 Å². The minimum atomic E-state index is 0.462. The highest BCUT2D eigenvalue weighted by atomic mass is 15.3. The van der Waals surface area contributed by atoms with Gasteiger partial charge in [-0.2, -0.15) is 29.9 Å². The Morgan fingerprint density at radius 2 is 0.336 bits per heavy atom. The van der Waals surface area contributed by atoms with Crippen molar-refractivity contribution in [3.63, 3.8) is 0 Å². The molecule has 0 amide bonds. The van der Waals surface area contributed by atoms with E-state index in [4.69, 9.17) is 29.9 Å². The van der Waals surface area contributed by atoms with Crippen molar-refractivity contribution in [1.29, 1.82) is 0 Å². The number of benzene rings is 21. The molecule has 14 heteroatoms. The van der Waals surface area contributed by atoms with E-state index in [0.29, 0.717) is 35.4 Å². The second kappa shape index (κ2) is 31.8. The first-order valence-electron chi connectivity index (χ1n) is 49.6. The smallest absolute Gasteiger partial charge is 0.240 e. The molecule has 0 unspecified atom stereocenters. The molecule has 31 rings (SSSR count). The Labute approximate surface area is 834 Å². The van der Waals surface area contributed by atoms with Gasteiger partial charge in [0, 0.05) is 120 Å². The Kier molecular flexibility index (Phi) is 17.6. The van der Waals surface area contributed by atoms with Gasteiger partial charge in [-0.15, -0.1) is 0 Å². The molecule has 31 aromatic rings. The summed E-state index contributed by atoms with van der Waals surface area (Å²) >= 11 is 0. The molecule has 146 heavy (non-hydrogen) atoms. The number of hydrogen-bond donors (Lipinski definition) is 0. The molecule has 0 fully saturated rings. The zero-order chi connectivity index (χ0) is 95.5. The summed E-state index contributed by atoms with van der Waals surface area (Å²) < 4.78 is 18.9. The van der Waals surface area contributed by atoms with Crippen molar-refractivity contribution >= 4 is 174 Å². The van der Waals surface area contributed by atoms with Gasteiger partial charge in [0.1, 0.15) is 0 Å². The summed E-state index contributed by atoms with van der Waals surface area (Å²) in [5.41, 5.74) is 30.5. The van der Waals surface area contributed by atoms with Gasteiger partial charge >= 0.3 is 0 Å². The molecule has 0 aliphatic heterocycles. The van der Waals surface area contributed by atoms with E-state index in [1.807, 2.05) is 0 Å². The highest BCUT2D eigenvalue weighted by Crippen LogP contribution is 2.51. The highest BCUT2D eigenvalue weighted by Gasteiger charge is 2.32. The van der Waals surface area contributed by atoms with Gasteiger partial charge < -0.3 is 18.3 Å². The predicted molar refractivity (Wildman–Crippen MR) is 601 cm³/mol. The predicted octanol–water partition coefficient (Wildman–Crippen LogP) is 32.8. The number of para-hydroxylation sites is 11. The average molecular weight is 1860 g/mol. The van der Waals surface area contributed by atoms with E-state index in [1.54, 1.807) is 0 Å². The Hall–Kier alpha value is -20.0. The quantitative estimate of drug-likeness (QED) is 0.107. The molecule has 0 bridgehead atoms. The van der Waals surface area contributed by atoms with Crippen LogP contribution in [0.4, 0.5) is 0 Å². The van der Waals surface area contributed by atoms with Gasteiger partial charge in [0.25, 0.3) is 0 Å². The molecule has 0 aliphatic carbocycles. The lowest BCUT2D eigenvalue weighted by Gasteiger charge is -2.15. The Bertz CT molecular complexity index is 10700. The van der Waals surface area contributed by atoms with Gasteiger partial charge in [-0.05, 0) is 202 Å². The lowest BCUT2D eigenvalue weighted by Crippen LogP contribution is -2.10. The van der Waals surface area contributed by atoms with Crippen molar-refractivity contribution in [2.24, 2.45) is 0 Å². The molecule has 10 aromatic heterocycles. The maximum atomic E-state index is 6.03. The standard InChI is InChI=1S/C132H80N14/c1-7-35-81(36-8-1)83-39-34-42-87(76-83)127-133-129(143-107-58-26-19-51-95(107)98-66-71-115-119(123(98)143)102-54-22-29-61-110(102)139(115)91-43-11-3-12-44-91)137-130(134-127)146-114-70-65-86(80-106(114)101-69-74-118-122(126(101)146)105-57-25-32-64-113(105)142(118)94-49-17-6-18-50-94)84-40-33-41-85(75-84)89-77-88(82-37-9-2-10-38-82)78-90(79-89)128-135-131(144-108-59-27-20-52-96(108)99-67-72-116-120(124(99)144)103-55-23-30-62-111(103)140(116)92-45-13-4-14-46-92)138-132(136-128)145-109-60-28-21-53-97(109)100-68-73-117-121(125(100)145)104-56-24-31-63-112(104)141(117)93-47-15-5-16-48-93/h1-80H. The van der Waals surface area contributed by atoms with E-state index in [1.165, 1.54) is 0 Å². The fourth-order valence-corrected chi connectivity index (χ4v) is 23.9. The summed E-state index contributed by atoms with van der Waals surface area (Å²) in [6, 6.07) is 175. The van der Waals surface area contributed by atoms with Crippen molar-refractivity contribution < 1.29 is 0 Å². The molecule has 0 atom stereocenters. The van der Waals surface area contributed by atoms with Crippen LogP contribution in [-0.2, 0) is 0 Å². The fraction of sp³-hybridized carbons (Fsp3) is 0. The molecule has 0 aliphatic rings. The van der Waals surface area contributed by atoms with Crippen molar-refractivity contribution in [3.8, 4) is 114 Å². The number of rotatable bonds is 14. The van der Waals surface area contributed by atoms with Gasteiger partial charge in [0.15, 0.2) is 11.6 Å². The largest absolute Gasteiger partial charge is 0.309 e. The molecule has 14 nitrogen and oxygen atoms in total. The molecule has 0 saturated carbocycles. The molecular weight excluding hydrogens is 1780 g/mol. The van der Waals surface area contributed by atoms with Crippen LogP contribution in [0.25, 0.3) is 288 Å². The second-order valence-electron chi connectivity index (χ2n) is 38.0. The second-order valence-corrected chi connectivity index (χ2v) is 38.0. The van der Waals surface area contributed by atoms with Crippen molar-refractivity contribution in [2.75, 3.05) is 0 Å². The first-order chi connectivity index (χ1) is 72.5. The lowest BCUT2D eigenvalue weighted by atomic mass is 9.93. The number of nitrogens with zero attached hydrogens (tertiary/aromatic N) is 14. The zero-order valence-corrected chi connectivity index (χ0v) is 78.4.